The summed E-state index contributed by atoms with van der Waals surface area (Å²) in [6.07, 6.45) is 3.07. The highest BCUT2D eigenvalue weighted by molar-refractivity contribution is 7.92. The van der Waals surface area contributed by atoms with Gasteiger partial charge in [-0.25, -0.2) is 8.42 Å². The Morgan fingerprint density at radius 1 is 0.962 bits per heavy atom. The smallest absolute Gasteiger partial charge is 0.263 e. The largest absolute Gasteiger partial charge is 0.321 e. The highest BCUT2D eigenvalue weighted by Gasteiger charge is 2.20. The van der Waals surface area contributed by atoms with Gasteiger partial charge in [-0.1, -0.05) is 29.8 Å². The van der Waals surface area contributed by atoms with Gasteiger partial charge in [0.25, 0.3) is 15.9 Å². The molecule has 0 aliphatic carbocycles. The van der Waals surface area contributed by atoms with E-state index in [-0.39, 0.29) is 15.5 Å². The van der Waals surface area contributed by atoms with Gasteiger partial charge in [0.2, 0.25) is 0 Å². The normalized spacial score (nSPS) is 11.0. The molecule has 0 aliphatic heterocycles. The van der Waals surface area contributed by atoms with Crippen LogP contribution in [0.1, 0.15) is 10.4 Å². The monoisotopic (exact) mass is 387 g/mol. The number of pyridine rings is 1. The van der Waals surface area contributed by atoms with Crippen molar-refractivity contribution in [3.8, 4) is 0 Å². The van der Waals surface area contributed by atoms with Crippen LogP contribution < -0.4 is 10.0 Å². The van der Waals surface area contributed by atoms with Gasteiger partial charge in [-0.2, -0.15) is 0 Å². The number of carbonyl (C=O) groups is 1. The summed E-state index contributed by atoms with van der Waals surface area (Å²) >= 11 is 6.05. The Morgan fingerprint density at radius 2 is 1.69 bits per heavy atom. The van der Waals surface area contributed by atoms with E-state index in [2.05, 4.69) is 15.0 Å². The summed E-state index contributed by atoms with van der Waals surface area (Å²) < 4.78 is 27.7. The quantitative estimate of drug-likeness (QED) is 0.697. The van der Waals surface area contributed by atoms with Crippen molar-refractivity contribution >= 4 is 38.9 Å². The molecule has 1 heterocycles. The van der Waals surface area contributed by atoms with Gasteiger partial charge in [0, 0.05) is 17.4 Å². The average Bonchev–Trinajstić information content (AvgIpc) is 2.63. The fraction of sp³-hybridized carbons (Fsp3) is 0. The van der Waals surface area contributed by atoms with E-state index in [9.17, 15) is 13.2 Å². The number of halogens is 1. The number of nitrogens with one attached hydrogen (secondary N) is 2. The van der Waals surface area contributed by atoms with Crippen LogP contribution in [0.2, 0.25) is 5.02 Å². The van der Waals surface area contributed by atoms with Crippen LogP contribution in [0.25, 0.3) is 0 Å². The van der Waals surface area contributed by atoms with Crippen LogP contribution in [0.5, 0.6) is 0 Å². The van der Waals surface area contributed by atoms with E-state index in [1.165, 1.54) is 24.4 Å². The molecule has 2 aromatic carbocycles. The van der Waals surface area contributed by atoms with Crippen LogP contribution in [0, 0.1) is 0 Å². The Balaban J connectivity index is 1.88. The van der Waals surface area contributed by atoms with Gasteiger partial charge in [-0.05, 0) is 42.5 Å². The molecule has 0 saturated carbocycles. The maximum atomic E-state index is 12.6. The zero-order chi connectivity index (χ0) is 18.6. The maximum Gasteiger partial charge on any atom is 0.263 e. The molecule has 3 rings (SSSR count). The summed E-state index contributed by atoms with van der Waals surface area (Å²) in [5.41, 5.74) is 1.06. The predicted molar refractivity (Wildman–Crippen MR) is 101 cm³/mol. The molecule has 1 amide bonds. The number of hydrogen-bond acceptors (Lipinski definition) is 4. The van der Waals surface area contributed by atoms with Crippen LogP contribution in [0.15, 0.2) is 78.0 Å². The molecule has 8 heteroatoms. The lowest BCUT2D eigenvalue weighted by Gasteiger charge is -2.11. The number of rotatable bonds is 5. The number of para-hydroxylation sites is 1. The third kappa shape index (κ3) is 4.19. The predicted octanol–water partition coefficient (Wildman–Crippen LogP) is 3.79. The first kappa shape index (κ1) is 17.9. The number of aromatic nitrogens is 1. The molecule has 0 unspecified atom stereocenters. The SMILES string of the molecule is O=C(Nc1cccnc1)c1ccc(Cl)c(S(=O)(=O)Nc2ccccc2)c1. The molecule has 0 fully saturated rings. The molecular formula is C18H14ClN3O3S. The Morgan fingerprint density at radius 3 is 2.38 bits per heavy atom. The van der Waals surface area contributed by atoms with Gasteiger partial charge < -0.3 is 5.32 Å². The summed E-state index contributed by atoms with van der Waals surface area (Å²) in [6, 6.07) is 15.8. The van der Waals surface area contributed by atoms with Crippen molar-refractivity contribution in [1.29, 1.82) is 0 Å². The lowest BCUT2D eigenvalue weighted by Crippen LogP contribution is -2.16. The third-order valence-corrected chi connectivity index (χ3v) is 5.29. The summed E-state index contributed by atoms with van der Waals surface area (Å²) in [4.78, 5) is 16.1. The minimum Gasteiger partial charge on any atom is -0.321 e. The number of sulfonamides is 1. The van der Waals surface area contributed by atoms with E-state index in [0.717, 1.165) is 0 Å². The Labute approximate surface area is 155 Å². The topological polar surface area (TPSA) is 88.2 Å². The minimum absolute atomic E-state index is 0.0198. The molecule has 0 radical (unpaired) electrons. The van der Waals surface area contributed by atoms with Crippen LogP contribution in [0.4, 0.5) is 11.4 Å². The van der Waals surface area contributed by atoms with E-state index in [0.29, 0.717) is 11.4 Å². The summed E-state index contributed by atoms with van der Waals surface area (Å²) in [7, 11) is -3.95. The highest BCUT2D eigenvalue weighted by atomic mass is 35.5. The molecule has 2 N–H and O–H groups in total. The van der Waals surface area contributed by atoms with Crippen molar-refractivity contribution in [3.63, 3.8) is 0 Å². The Bertz CT molecular complexity index is 1030. The first-order valence-electron chi connectivity index (χ1n) is 7.54. The molecule has 26 heavy (non-hydrogen) atoms. The van der Waals surface area contributed by atoms with Crippen molar-refractivity contribution in [2.45, 2.75) is 4.90 Å². The van der Waals surface area contributed by atoms with E-state index < -0.39 is 15.9 Å². The first-order valence-corrected chi connectivity index (χ1v) is 9.40. The second kappa shape index (κ2) is 7.55. The average molecular weight is 388 g/mol. The van der Waals surface area contributed by atoms with Gasteiger partial charge in [0.05, 0.1) is 16.9 Å². The molecule has 0 saturated heterocycles. The molecule has 3 aromatic rings. The number of carbonyl (C=O) groups excluding carboxylic acids is 1. The van der Waals surface area contributed by atoms with Gasteiger partial charge in [0.1, 0.15) is 4.90 Å². The van der Waals surface area contributed by atoms with Crippen molar-refractivity contribution in [2.24, 2.45) is 0 Å². The van der Waals surface area contributed by atoms with Gasteiger partial charge in [0.15, 0.2) is 0 Å². The zero-order valence-corrected chi connectivity index (χ0v) is 15.0. The maximum absolute atomic E-state index is 12.6. The lowest BCUT2D eigenvalue weighted by atomic mass is 10.2. The van der Waals surface area contributed by atoms with Crippen LogP contribution >= 0.6 is 11.6 Å². The van der Waals surface area contributed by atoms with Crippen LogP contribution in [-0.2, 0) is 10.0 Å². The Hall–Kier alpha value is -2.90. The number of hydrogen-bond donors (Lipinski definition) is 2. The second-order valence-corrected chi connectivity index (χ2v) is 7.37. The fourth-order valence-corrected chi connectivity index (χ4v) is 3.79. The fourth-order valence-electron chi connectivity index (χ4n) is 2.21. The van der Waals surface area contributed by atoms with Gasteiger partial charge >= 0.3 is 0 Å². The zero-order valence-electron chi connectivity index (χ0n) is 13.4. The molecule has 0 bridgehead atoms. The summed E-state index contributed by atoms with van der Waals surface area (Å²) in [5, 5.41) is 2.67. The van der Waals surface area contributed by atoms with E-state index in [1.807, 2.05) is 0 Å². The number of nitrogens with zero attached hydrogens (tertiary/aromatic N) is 1. The lowest BCUT2D eigenvalue weighted by molar-refractivity contribution is 0.102. The highest BCUT2D eigenvalue weighted by Crippen LogP contribution is 2.25. The molecule has 132 valence electrons. The molecule has 0 atom stereocenters. The summed E-state index contributed by atoms with van der Waals surface area (Å²) in [5.74, 6) is -0.467. The minimum atomic E-state index is -3.95. The number of anilines is 2. The molecule has 6 nitrogen and oxygen atoms in total. The Kier molecular flexibility index (Phi) is 5.20. The van der Waals surface area contributed by atoms with Crippen LogP contribution in [-0.4, -0.2) is 19.3 Å². The summed E-state index contributed by atoms with van der Waals surface area (Å²) in [6.45, 7) is 0. The first-order chi connectivity index (χ1) is 12.5. The van der Waals surface area contributed by atoms with E-state index in [1.54, 1.807) is 48.7 Å². The standard InChI is InChI=1S/C18H14ClN3O3S/c19-16-9-8-13(18(23)21-15-7-4-10-20-12-15)11-17(16)26(24,25)22-14-5-2-1-3-6-14/h1-12,22H,(H,21,23). The molecule has 0 spiro atoms. The van der Waals surface area contributed by atoms with E-state index in [4.69, 9.17) is 11.6 Å². The second-order valence-electron chi connectivity index (χ2n) is 5.31. The molecule has 0 aliphatic rings. The number of amides is 1. The number of benzene rings is 2. The van der Waals surface area contributed by atoms with Crippen molar-refractivity contribution in [3.05, 3.63) is 83.6 Å². The van der Waals surface area contributed by atoms with Crippen molar-refractivity contribution in [2.75, 3.05) is 10.0 Å². The van der Waals surface area contributed by atoms with Crippen molar-refractivity contribution < 1.29 is 13.2 Å². The van der Waals surface area contributed by atoms with Gasteiger partial charge in [-0.3, -0.25) is 14.5 Å². The molecule has 1 aromatic heterocycles. The van der Waals surface area contributed by atoms with Crippen molar-refractivity contribution in [1.82, 2.24) is 4.98 Å². The van der Waals surface area contributed by atoms with Gasteiger partial charge in [-0.15, -0.1) is 0 Å². The van der Waals surface area contributed by atoms with Crippen LogP contribution in [0.3, 0.4) is 0 Å². The van der Waals surface area contributed by atoms with E-state index >= 15 is 0 Å². The molecular weight excluding hydrogens is 374 g/mol. The third-order valence-electron chi connectivity index (χ3n) is 3.43.